The van der Waals surface area contributed by atoms with Crippen LogP contribution in [-0.2, 0) is 39.8 Å². The minimum Gasteiger partial charge on any atom is -0.458 e. The molecule has 0 radical (unpaired) electrons. The van der Waals surface area contributed by atoms with Crippen molar-refractivity contribution in [1.82, 2.24) is 30.8 Å². The van der Waals surface area contributed by atoms with Crippen molar-refractivity contribution < 1.29 is 43.2 Å². The number of nitrogens with zero attached hydrogens (tertiary/aromatic N) is 3. The Balaban J connectivity index is 1.38. The first-order chi connectivity index (χ1) is 27.0. The molecular formula is C42H64N6O9. The summed E-state index contributed by atoms with van der Waals surface area (Å²) < 4.78 is 31.4. The summed E-state index contributed by atoms with van der Waals surface area (Å²) in [7, 11) is 5.40. The van der Waals surface area contributed by atoms with E-state index in [-0.39, 0.29) is 24.1 Å². The quantitative estimate of drug-likeness (QED) is 0.203. The van der Waals surface area contributed by atoms with Crippen molar-refractivity contribution >= 4 is 17.8 Å². The molecule has 3 fully saturated rings. The van der Waals surface area contributed by atoms with Crippen LogP contribution in [0.15, 0.2) is 43.0 Å². The molecule has 5 rings (SSSR count). The number of likely N-dealkylation sites (N-methyl/N-ethyl adjacent to an activating group) is 1. The molecule has 57 heavy (non-hydrogen) atoms. The fraction of sp³-hybridized carbons (Fsp3) is 0.690. The second-order valence-electron chi connectivity index (χ2n) is 16.9. The Morgan fingerprint density at radius 1 is 1.07 bits per heavy atom. The van der Waals surface area contributed by atoms with Gasteiger partial charge in [0.25, 0.3) is 0 Å². The maximum atomic E-state index is 14.4. The number of cyclic esters (lactones) is 1. The number of carbonyl (C=O) groups is 3. The van der Waals surface area contributed by atoms with Crippen molar-refractivity contribution in [3.8, 4) is 11.1 Å². The van der Waals surface area contributed by atoms with E-state index in [0.717, 1.165) is 16.7 Å². The van der Waals surface area contributed by atoms with Crippen molar-refractivity contribution in [2.75, 3.05) is 34.3 Å². The van der Waals surface area contributed by atoms with Crippen LogP contribution in [0.2, 0.25) is 0 Å². The van der Waals surface area contributed by atoms with Crippen LogP contribution in [0.5, 0.6) is 0 Å². The van der Waals surface area contributed by atoms with E-state index < -0.39 is 71.5 Å². The Morgan fingerprint density at radius 2 is 1.79 bits per heavy atom. The summed E-state index contributed by atoms with van der Waals surface area (Å²) in [6.45, 7) is 14.4. The smallest absolute Gasteiger partial charge is 0.408 e. The second-order valence-corrected chi connectivity index (χ2v) is 16.9. The summed E-state index contributed by atoms with van der Waals surface area (Å²) in [5.74, 6) is -3.20. The predicted molar refractivity (Wildman–Crippen MR) is 213 cm³/mol. The molecule has 1 aromatic heterocycles. The molecule has 0 saturated carbocycles. The molecule has 0 bridgehead atoms. The maximum absolute atomic E-state index is 14.4. The Bertz CT molecular complexity index is 1670. The van der Waals surface area contributed by atoms with Gasteiger partial charge in [-0.15, -0.1) is 0 Å². The number of amides is 1. The lowest BCUT2D eigenvalue weighted by molar-refractivity contribution is -0.297. The number of hydrogen-bond acceptors (Lipinski definition) is 14. The minimum atomic E-state index is -1.18. The number of esters is 1. The number of benzene rings is 1. The molecule has 2 aromatic rings. The zero-order valence-electron chi connectivity index (χ0n) is 35.2. The van der Waals surface area contributed by atoms with Gasteiger partial charge in [-0.3, -0.25) is 9.59 Å². The van der Waals surface area contributed by atoms with Gasteiger partial charge in [0.15, 0.2) is 17.7 Å². The summed E-state index contributed by atoms with van der Waals surface area (Å²) in [4.78, 5) is 51.0. The van der Waals surface area contributed by atoms with Crippen molar-refractivity contribution in [1.29, 1.82) is 0 Å². The van der Waals surface area contributed by atoms with Crippen LogP contribution in [0.4, 0.5) is 4.79 Å². The first-order valence-electron chi connectivity index (χ1n) is 20.2. The van der Waals surface area contributed by atoms with Crippen molar-refractivity contribution in [2.24, 2.45) is 17.8 Å². The average molecular weight is 797 g/mol. The number of rotatable bonds is 10. The number of nitrogens with one attached hydrogen (secondary N) is 3. The van der Waals surface area contributed by atoms with Gasteiger partial charge in [-0.25, -0.2) is 14.8 Å². The predicted octanol–water partition coefficient (Wildman–Crippen LogP) is 3.48. The fourth-order valence-electron chi connectivity index (χ4n) is 8.84. The van der Waals surface area contributed by atoms with Gasteiger partial charge in [-0.05, 0) is 90.7 Å². The van der Waals surface area contributed by atoms with E-state index in [1.165, 1.54) is 13.3 Å². The number of ketones is 1. The zero-order chi connectivity index (χ0) is 41.7. The first-order valence-corrected chi connectivity index (χ1v) is 20.2. The molecule has 316 valence electrons. The lowest BCUT2D eigenvalue weighted by Gasteiger charge is -2.47. The Morgan fingerprint density at radius 3 is 2.46 bits per heavy atom. The number of Topliss-reactive ketones (excluding diaryl/α,β-unsaturated/α-hetero) is 1. The van der Waals surface area contributed by atoms with E-state index in [1.807, 2.05) is 58.0 Å². The van der Waals surface area contributed by atoms with Crippen LogP contribution in [-0.4, -0.2) is 132 Å². The summed E-state index contributed by atoms with van der Waals surface area (Å²) in [6.07, 6.45) is 1.57. The molecule has 15 heteroatoms. The lowest BCUT2D eigenvalue weighted by atomic mass is 9.78. The number of hydrogen-bond donors (Lipinski definition) is 4. The van der Waals surface area contributed by atoms with Crippen LogP contribution < -0.4 is 16.0 Å². The molecule has 4 heterocycles. The zero-order valence-corrected chi connectivity index (χ0v) is 35.2. The number of aliphatic hydroxyl groups excluding tert-OH is 1. The van der Waals surface area contributed by atoms with E-state index in [1.54, 1.807) is 33.4 Å². The highest BCUT2D eigenvalue weighted by atomic mass is 16.7. The molecule has 3 aliphatic rings. The van der Waals surface area contributed by atoms with Gasteiger partial charge in [0.2, 0.25) is 0 Å². The third kappa shape index (κ3) is 10.2. The van der Waals surface area contributed by atoms with Gasteiger partial charge in [-0.2, -0.15) is 0 Å². The Labute approximate surface area is 337 Å². The summed E-state index contributed by atoms with van der Waals surface area (Å²) in [5, 5.41) is 21.8. The lowest BCUT2D eigenvalue weighted by Crippen LogP contribution is -2.60. The van der Waals surface area contributed by atoms with Gasteiger partial charge >= 0.3 is 12.1 Å². The van der Waals surface area contributed by atoms with Gasteiger partial charge in [-0.1, -0.05) is 39.0 Å². The number of aromatic nitrogens is 2. The highest BCUT2D eigenvalue weighted by Gasteiger charge is 2.55. The number of alkyl carbamates (subject to hydrolysis) is 1. The van der Waals surface area contributed by atoms with Crippen LogP contribution in [0.3, 0.4) is 0 Å². The molecule has 0 spiro atoms. The molecule has 4 unspecified atom stereocenters. The van der Waals surface area contributed by atoms with Crippen LogP contribution in [0.25, 0.3) is 11.1 Å². The molecule has 1 amide bonds. The molecular weight excluding hydrogens is 732 g/mol. The maximum Gasteiger partial charge on any atom is 0.408 e. The summed E-state index contributed by atoms with van der Waals surface area (Å²) in [5.41, 5.74) is 0.782. The molecule has 15 nitrogen and oxygen atoms in total. The van der Waals surface area contributed by atoms with Crippen molar-refractivity contribution in [3.05, 3.63) is 48.5 Å². The summed E-state index contributed by atoms with van der Waals surface area (Å²) >= 11 is 0. The van der Waals surface area contributed by atoms with Gasteiger partial charge in [0.1, 0.15) is 24.5 Å². The molecule has 13 atom stereocenters. The highest BCUT2D eigenvalue weighted by Crippen LogP contribution is 2.38. The molecule has 3 saturated heterocycles. The Kier molecular flexibility index (Phi) is 14.8. The van der Waals surface area contributed by atoms with E-state index in [4.69, 9.17) is 23.7 Å². The molecule has 3 aliphatic heterocycles. The molecule has 4 N–H and O–H groups in total. The summed E-state index contributed by atoms with van der Waals surface area (Å²) in [6, 6.07) is 7.08. The van der Waals surface area contributed by atoms with Crippen LogP contribution >= 0.6 is 0 Å². The number of ether oxygens (including phenoxy) is 5. The number of aliphatic hydroxyl groups is 1. The SMILES string of the molecule is CC[C@H]1OC(=O)C(C)C(=O)[C@H](C)[C@@H](O[C@@H]2OC(CNCc3cccc(-c4cncnc4)c3)CC(N(C)C)C2O)[C@](C)(OC)C[C@@H](C)CN[C@H](C)[C@H]2NC(=O)O[C@@]21C. The first kappa shape index (κ1) is 44.5. The largest absolute Gasteiger partial charge is 0.458 e. The monoisotopic (exact) mass is 796 g/mol. The van der Waals surface area contributed by atoms with Crippen LogP contribution in [0, 0.1) is 17.8 Å². The third-order valence-electron chi connectivity index (χ3n) is 12.2. The standard InChI is InChI=1S/C42H64N6O9/c1-11-33-42(7)36(47-40(52)57-42)27(5)46-18-24(2)17-41(6,53-10)37(25(3)34(49)26(4)38(51)55-33)56-39-35(50)32(48(8)9)16-31(54-39)22-43-19-28-13-12-14-29(15-28)30-20-44-23-45-21-30/h12-15,20-21,23-27,31-33,35-37,39,43,46,50H,11,16-19,22H2,1-10H3,(H,47,52)/t24-,25+,26?,27-,31?,32?,33-,35?,36-,37-,39+,41-,42-/m1/s1. The van der Waals surface area contributed by atoms with Crippen molar-refractivity contribution in [3.63, 3.8) is 0 Å². The van der Waals surface area contributed by atoms with E-state index in [0.29, 0.717) is 38.9 Å². The topological polar surface area (TPSA) is 183 Å². The van der Waals surface area contributed by atoms with Gasteiger partial charge in [0, 0.05) is 56.2 Å². The minimum absolute atomic E-state index is 0.00549. The molecule has 1 aromatic carbocycles. The fourth-order valence-corrected chi connectivity index (χ4v) is 8.84. The van der Waals surface area contributed by atoms with E-state index in [2.05, 4.69) is 38.9 Å². The Hall–Kier alpha value is -3.57. The van der Waals surface area contributed by atoms with Crippen molar-refractivity contribution in [2.45, 2.75) is 134 Å². The van der Waals surface area contributed by atoms with Gasteiger partial charge in [0.05, 0.1) is 23.9 Å². The second kappa shape index (κ2) is 19.0. The normalized spacial score (nSPS) is 37.1. The number of fused-ring (bicyclic) bond motifs is 1. The highest BCUT2D eigenvalue weighted by molar-refractivity contribution is 6.00. The average Bonchev–Trinajstić information content (AvgIpc) is 3.51. The van der Waals surface area contributed by atoms with Gasteiger partial charge < -0.3 is 49.6 Å². The number of carbonyl (C=O) groups excluding carboxylic acids is 3. The van der Waals surface area contributed by atoms with Crippen LogP contribution in [0.1, 0.15) is 73.3 Å². The van der Waals surface area contributed by atoms with E-state index >= 15 is 0 Å². The van der Waals surface area contributed by atoms with E-state index in [9.17, 15) is 19.5 Å². The third-order valence-corrected chi connectivity index (χ3v) is 12.2. The number of methoxy groups -OCH3 is 1. The molecule has 0 aliphatic carbocycles.